The highest BCUT2D eigenvalue weighted by Gasteiger charge is 2.11. The van der Waals surface area contributed by atoms with Crippen molar-refractivity contribution in [2.75, 3.05) is 77.8 Å². The maximum Gasteiger partial charge on any atom is 0.409 e. The number of aliphatic hydroxyl groups excluding tert-OH is 1. The van der Waals surface area contributed by atoms with Gasteiger partial charge in [0.05, 0.1) is 33.0 Å². The molecule has 0 atom stereocenters. The van der Waals surface area contributed by atoms with E-state index in [0.29, 0.717) is 39.6 Å². The van der Waals surface area contributed by atoms with Crippen molar-refractivity contribution in [1.29, 1.82) is 0 Å². The van der Waals surface area contributed by atoms with Crippen LogP contribution in [0.25, 0.3) is 0 Å². The molecule has 0 aromatic rings. The van der Waals surface area contributed by atoms with Crippen LogP contribution in [-0.4, -0.2) is 93.9 Å². The van der Waals surface area contributed by atoms with Gasteiger partial charge in [-0.1, -0.05) is 0 Å². The van der Waals surface area contributed by atoms with Gasteiger partial charge in [-0.3, -0.25) is 0 Å². The maximum absolute atomic E-state index is 11.6. The molecule has 0 saturated carbocycles. The number of aliphatic hydroxyl groups is 1. The SMILES string of the molecule is CN(CCOCCOCCO)C(=O)OCCS(C)(C)C. The van der Waals surface area contributed by atoms with Crippen molar-refractivity contribution < 1.29 is 24.1 Å². The van der Waals surface area contributed by atoms with E-state index in [1.165, 1.54) is 4.90 Å². The van der Waals surface area contributed by atoms with Crippen molar-refractivity contribution in [2.45, 2.75) is 0 Å². The van der Waals surface area contributed by atoms with Crippen LogP contribution in [0.3, 0.4) is 0 Å². The molecule has 0 aromatic carbocycles. The normalized spacial score (nSPS) is 12.2. The molecule has 7 heteroatoms. The molecular formula is C13H29NO5S. The van der Waals surface area contributed by atoms with Crippen molar-refractivity contribution in [3.63, 3.8) is 0 Å². The number of carbonyl (C=O) groups is 1. The minimum absolute atomic E-state index is 0.0187. The summed E-state index contributed by atoms with van der Waals surface area (Å²) in [7, 11) is 1.06. The third-order valence-corrected chi connectivity index (χ3v) is 3.80. The topological polar surface area (TPSA) is 68.2 Å². The van der Waals surface area contributed by atoms with Gasteiger partial charge in [-0.2, -0.15) is 0 Å². The summed E-state index contributed by atoms with van der Waals surface area (Å²) in [4.78, 5) is 13.1. The lowest BCUT2D eigenvalue weighted by Gasteiger charge is -2.25. The number of ether oxygens (including phenoxy) is 3. The Kier molecular flexibility index (Phi) is 10.9. The fourth-order valence-corrected chi connectivity index (χ4v) is 1.75. The van der Waals surface area contributed by atoms with Gasteiger partial charge >= 0.3 is 6.09 Å². The van der Waals surface area contributed by atoms with Crippen LogP contribution in [0.15, 0.2) is 0 Å². The van der Waals surface area contributed by atoms with Gasteiger partial charge in [0, 0.05) is 19.3 Å². The Morgan fingerprint density at radius 1 is 1.05 bits per heavy atom. The van der Waals surface area contributed by atoms with Crippen LogP contribution in [-0.2, 0) is 14.2 Å². The molecule has 0 aliphatic rings. The van der Waals surface area contributed by atoms with Crippen molar-refractivity contribution in [1.82, 2.24) is 4.90 Å². The molecule has 0 aromatic heterocycles. The second kappa shape index (κ2) is 11.2. The van der Waals surface area contributed by atoms with E-state index in [0.717, 1.165) is 5.75 Å². The Morgan fingerprint density at radius 2 is 1.65 bits per heavy atom. The van der Waals surface area contributed by atoms with Crippen LogP contribution in [0.1, 0.15) is 0 Å². The summed E-state index contributed by atoms with van der Waals surface area (Å²) < 4.78 is 15.5. The first kappa shape index (κ1) is 19.5. The molecule has 0 aliphatic heterocycles. The van der Waals surface area contributed by atoms with E-state index in [-0.39, 0.29) is 12.7 Å². The van der Waals surface area contributed by atoms with E-state index in [1.54, 1.807) is 7.05 Å². The Hall–Kier alpha value is -0.500. The molecule has 0 bridgehead atoms. The van der Waals surface area contributed by atoms with Crippen LogP contribution in [0.5, 0.6) is 0 Å². The average Bonchev–Trinajstić information content (AvgIpc) is 2.35. The number of nitrogens with zero attached hydrogens (tertiary/aromatic N) is 1. The summed E-state index contributed by atoms with van der Waals surface area (Å²) in [5, 5.41) is 8.50. The summed E-state index contributed by atoms with van der Waals surface area (Å²) in [6, 6.07) is 0. The zero-order chi connectivity index (χ0) is 15.4. The van der Waals surface area contributed by atoms with Gasteiger partial charge in [0.1, 0.15) is 6.61 Å². The smallest absolute Gasteiger partial charge is 0.409 e. The van der Waals surface area contributed by atoms with Crippen LogP contribution < -0.4 is 0 Å². The van der Waals surface area contributed by atoms with Crippen LogP contribution in [0.2, 0.25) is 0 Å². The van der Waals surface area contributed by atoms with Crippen molar-refractivity contribution in [3.8, 4) is 0 Å². The van der Waals surface area contributed by atoms with E-state index in [4.69, 9.17) is 19.3 Å². The lowest BCUT2D eigenvalue weighted by molar-refractivity contribution is 0.0271. The quantitative estimate of drug-likeness (QED) is 0.571. The van der Waals surface area contributed by atoms with E-state index in [1.807, 2.05) is 0 Å². The molecule has 0 rings (SSSR count). The molecular weight excluding hydrogens is 282 g/mol. The third-order valence-electron chi connectivity index (χ3n) is 2.41. The predicted molar refractivity (Wildman–Crippen MR) is 82.9 cm³/mol. The monoisotopic (exact) mass is 311 g/mol. The first-order chi connectivity index (χ1) is 9.37. The second-order valence-electron chi connectivity index (χ2n) is 5.28. The van der Waals surface area contributed by atoms with Crippen molar-refractivity contribution in [2.24, 2.45) is 0 Å². The number of amides is 1. The molecule has 20 heavy (non-hydrogen) atoms. The molecule has 0 unspecified atom stereocenters. The van der Waals surface area contributed by atoms with Crippen molar-refractivity contribution in [3.05, 3.63) is 0 Å². The van der Waals surface area contributed by atoms with Gasteiger partial charge in [-0.25, -0.2) is 14.8 Å². The van der Waals surface area contributed by atoms with Gasteiger partial charge in [0.2, 0.25) is 0 Å². The van der Waals surface area contributed by atoms with Gasteiger partial charge in [-0.15, -0.1) is 0 Å². The predicted octanol–water partition coefficient (Wildman–Crippen LogP) is 0.774. The van der Waals surface area contributed by atoms with Crippen LogP contribution >= 0.6 is 10.0 Å². The van der Waals surface area contributed by atoms with Crippen molar-refractivity contribution >= 4 is 16.1 Å². The maximum atomic E-state index is 11.6. The van der Waals surface area contributed by atoms with Crippen LogP contribution in [0, 0.1) is 0 Å². The summed E-state index contributed by atoms with van der Waals surface area (Å²) >= 11 is 0. The molecule has 0 spiro atoms. The van der Waals surface area contributed by atoms with E-state index in [9.17, 15) is 4.79 Å². The van der Waals surface area contributed by atoms with Gasteiger partial charge in [-0.05, 0) is 18.8 Å². The highest BCUT2D eigenvalue weighted by Crippen LogP contribution is 2.33. The minimum Gasteiger partial charge on any atom is -0.449 e. The Balaban J connectivity index is 3.51. The molecule has 1 amide bonds. The number of hydrogen-bond donors (Lipinski definition) is 1. The summed E-state index contributed by atoms with van der Waals surface area (Å²) in [5.41, 5.74) is 0. The van der Waals surface area contributed by atoms with Gasteiger partial charge in [0.15, 0.2) is 0 Å². The fourth-order valence-electron chi connectivity index (χ4n) is 1.17. The highest BCUT2D eigenvalue weighted by atomic mass is 32.3. The summed E-state index contributed by atoms with van der Waals surface area (Å²) in [6.07, 6.45) is 6.26. The fraction of sp³-hybridized carbons (Fsp3) is 0.923. The third kappa shape index (κ3) is 12.5. The minimum atomic E-state index is -0.630. The highest BCUT2D eigenvalue weighted by molar-refractivity contribution is 8.32. The Bertz CT molecular complexity index is 258. The average molecular weight is 311 g/mol. The molecule has 1 N–H and O–H groups in total. The Labute approximate surface area is 123 Å². The lowest BCUT2D eigenvalue weighted by atomic mass is 10.6. The van der Waals surface area contributed by atoms with E-state index < -0.39 is 10.0 Å². The molecule has 0 radical (unpaired) electrons. The number of rotatable bonds is 11. The first-order valence-electron chi connectivity index (χ1n) is 6.67. The largest absolute Gasteiger partial charge is 0.449 e. The number of carbonyl (C=O) groups excluding carboxylic acids is 1. The molecule has 0 fully saturated rings. The molecule has 122 valence electrons. The van der Waals surface area contributed by atoms with Gasteiger partial charge < -0.3 is 24.2 Å². The van der Waals surface area contributed by atoms with Crippen LogP contribution in [0.4, 0.5) is 4.79 Å². The second-order valence-corrected chi connectivity index (χ2v) is 9.87. The number of hydrogen-bond acceptors (Lipinski definition) is 5. The van der Waals surface area contributed by atoms with Gasteiger partial charge in [0.25, 0.3) is 0 Å². The lowest BCUT2D eigenvalue weighted by Crippen LogP contribution is -2.31. The zero-order valence-corrected chi connectivity index (χ0v) is 13.9. The molecule has 0 heterocycles. The summed E-state index contributed by atoms with van der Waals surface area (Å²) in [5.74, 6) is 0.922. The molecule has 0 aliphatic carbocycles. The molecule has 0 saturated heterocycles. The van der Waals surface area contributed by atoms with E-state index in [2.05, 4.69) is 18.8 Å². The van der Waals surface area contributed by atoms with E-state index >= 15 is 0 Å². The molecule has 6 nitrogen and oxygen atoms in total. The standard InChI is InChI=1S/C13H29NO5S/c1-14(5-7-17-9-10-18-8-6-15)13(16)19-11-12-20(2,3)4/h15H,5-12H2,1-4H3. The summed E-state index contributed by atoms with van der Waals surface area (Å²) in [6.45, 7) is 2.65. The zero-order valence-electron chi connectivity index (χ0n) is 13.1. The Morgan fingerprint density at radius 3 is 2.20 bits per heavy atom. The number of likely N-dealkylation sites (N-methyl/N-ethyl adjacent to an activating group) is 1. The first-order valence-corrected chi connectivity index (χ1v) is 9.70.